The number of allylic oxidation sites excluding steroid dienone is 5. The lowest BCUT2D eigenvalue weighted by atomic mass is 10.0. The molecule has 0 spiro atoms. The summed E-state index contributed by atoms with van der Waals surface area (Å²) in [5.74, 6) is -1.81. The van der Waals surface area contributed by atoms with Gasteiger partial charge in [0.15, 0.2) is 0 Å². The molecule has 0 aliphatic heterocycles. The monoisotopic (exact) mass is 350 g/mol. The molecule has 140 valence electrons. The van der Waals surface area contributed by atoms with E-state index >= 15 is 0 Å². The Hall–Kier alpha value is -2.14. The van der Waals surface area contributed by atoms with Crippen LogP contribution in [0.1, 0.15) is 59.3 Å². The molecule has 0 fully saturated rings. The predicted octanol–water partition coefficient (Wildman–Crippen LogP) is 4.25. The fourth-order valence-electron chi connectivity index (χ4n) is 2.24. The lowest BCUT2D eigenvalue weighted by Gasteiger charge is -2.04. The van der Waals surface area contributed by atoms with Crippen LogP contribution in [0.4, 0.5) is 0 Å². The van der Waals surface area contributed by atoms with Crippen LogP contribution in [0.5, 0.6) is 0 Å². The fourth-order valence-corrected chi connectivity index (χ4v) is 2.24. The number of aliphatic hydroxyl groups is 1. The van der Waals surface area contributed by atoms with Gasteiger partial charge in [-0.15, -0.1) is 0 Å². The summed E-state index contributed by atoms with van der Waals surface area (Å²) < 4.78 is 0. The van der Waals surface area contributed by atoms with Gasteiger partial charge >= 0.3 is 11.9 Å². The van der Waals surface area contributed by atoms with Gasteiger partial charge in [0.2, 0.25) is 0 Å². The van der Waals surface area contributed by atoms with Gasteiger partial charge in [0.05, 0.1) is 6.61 Å². The SMILES string of the molecule is CC(=CCCC(=CCCC(C)=CC(=O)O)CO)CCC=C(C)C(=O)O. The Labute approximate surface area is 150 Å². The maximum absolute atomic E-state index is 10.7. The van der Waals surface area contributed by atoms with Gasteiger partial charge in [-0.2, -0.15) is 0 Å². The first-order valence-electron chi connectivity index (χ1n) is 8.50. The van der Waals surface area contributed by atoms with Gasteiger partial charge in [-0.25, -0.2) is 9.59 Å². The molecule has 0 aliphatic carbocycles. The highest BCUT2D eigenvalue weighted by Gasteiger charge is 1.99. The number of aliphatic hydroxyl groups excluding tert-OH is 1. The summed E-state index contributed by atoms with van der Waals surface area (Å²) in [6.45, 7) is 5.40. The molecule has 0 unspecified atom stereocenters. The van der Waals surface area contributed by atoms with Gasteiger partial charge < -0.3 is 15.3 Å². The summed E-state index contributed by atoms with van der Waals surface area (Å²) in [6.07, 6.45) is 11.5. The Morgan fingerprint density at radius 3 is 1.92 bits per heavy atom. The van der Waals surface area contributed by atoms with Crippen molar-refractivity contribution in [1.29, 1.82) is 0 Å². The molecule has 0 saturated heterocycles. The molecule has 5 heteroatoms. The van der Waals surface area contributed by atoms with E-state index in [4.69, 9.17) is 10.2 Å². The zero-order valence-electron chi connectivity index (χ0n) is 15.4. The van der Waals surface area contributed by atoms with Gasteiger partial charge in [0, 0.05) is 11.6 Å². The van der Waals surface area contributed by atoms with Crippen molar-refractivity contribution in [2.24, 2.45) is 0 Å². The number of aliphatic carboxylic acids is 2. The first kappa shape index (κ1) is 22.9. The summed E-state index contributed by atoms with van der Waals surface area (Å²) in [5, 5.41) is 26.8. The maximum atomic E-state index is 10.7. The Bertz CT molecular complexity index is 565. The van der Waals surface area contributed by atoms with Crippen LogP contribution < -0.4 is 0 Å². The lowest BCUT2D eigenvalue weighted by molar-refractivity contribution is -0.133. The highest BCUT2D eigenvalue weighted by molar-refractivity contribution is 5.85. The standard InChI is InChI=1S/C20H30O5/c1-15(7-4-10-17(3)20(24)25)8-5-11-18(14-21)12-6-9-16(2)13-19(22)23/h8,10,12-13,21H,4-7,9,11,14H2,1-3H3,(H,22,23)(H,24,25). The highest BCUT2D eigenvalue weighted by atomic mass is 16.4. The zero-order chi connectivity index (χ0) is 19.2. The van der Waals surface area contributed by atoms with E-state index in [1.807, 2.05) is 13.0 Å². The van der Waals surface area contributed by atoms with E-state index in [9.17, 15) is 14.7 Å². The molecular weight excluding hydrogens is 320 g/mol. The van der Waals surface area contributed by atoms with Crippen molar-refractivity contribution in [1.82, 2.24) is 0 Å². The highest BCUT2D eigenvalue weighted by Crippen LogP contribution is 2.13. The van der Waals surface area contributed by atoms with Gasteiger partial charge in [-0.05, 0) is 64.9 Å². The van der Waals surface area contributed by atoms with Crippen LogP contribution >= 0.6 is 0 Å². The molecule has 5 nitrogen and oxygen atoms in total. The number of carboxylic acids is 2. The van der Waals surface area contributed by atoms with Crippen molar-refractivity contribution < 1.29 is 24.9 Å². The Balaban J connectivity index is 4.28. The van der Waals surface area contributed by atoms with Crippen LogP contribution in [-0.2, 0) is 9.59 Å². The van der Waals surface area contributed by atoms with Crippen LogP contribution in [-0.4, -0.2) is 33.9 Å². The molecule has 0 aromatic carbocycles. The summed E-state index contributed by atoms with van der Waals surface area (Å²) in [6, 6.07) is 0. The third-order valence-electron chi connectivity index (χ3n) is 3.83. The minimum Gasteiger partial charge on any atom is -0.478 e. The second-order valence-corrected chi connectivity index (χ2v) is 6.21. The van der Waals surface area contributed by atoms with E-state index in [0.29, 0.717) is 24.8 Å². The predicted molar refractivity (Wildman–Crippen MR) is 99.4 cm³/mol. The molecule has 0 aromatic rings. The van der Waals surface area contributed by atoms with E-state index in [-0.39, 0.29) is 6.61 Å². The molecule has 0 aliphatic rings. The Morgan fingerprint density at radius 2 is 1.36 bits per heavy atom. The Kier molecular flexibility index (Phi) is 12.1. The maximum Gasteiger partial charge on any atom is 0.330 e. The molecule has 25 heavy (non-hydrogen) atoms. The summed E-state index contributed by atoms with van der Waals surface area (Å²) in [5.41, 5.74) is 3.33. The quantitative estimate of drug-likeness (QED) is 0.361. The third kappa shape index (κ3) is 12.9. The summed E-state index contributed by atoms with van der Waals surface area (Å²) >= 11 is 0. The molecule has 0 atom stereocenters. The van der Waals surface area contributed by atoms with Crippen molar-refractivity contribution in [3.05, 3.63) is 46.6 Å². The van der Waals surface area contributed by atoms with Gasteiger partial charge in [-0.1, -0.05) is 29.4 Å². The average molecular weight is 350 g/mol. The molecule has 0 aromatic heterocycles. The lowest BCUT2D eigenvalue weighted by Crippen LogP contribution is -1.95. The Morgan fingerprint density at radius 1 is 0.800 bits per heavy atom. The molecule has 0 saturated carbocycles. The molecule has 0 bridgehead atoms. The number of hydrogen-bond donors (Lipinski definition) is 3. The van der Waals surface area contributed by atoms with Crippen LogP contribution in [0.3, 0.4) is 0 Å². The second kappa shape index (κ2) is 13.2. The second-order valence-electron chi connectivity index (χ2n) is 6.21. The normalized spacial score (nSPS) is 13.9. The van der Waals surface area contributed by atoms with E-state index < -0.39 is 11.9 Å². The van der Waals surface area contributed by atoms with Crippen LogP contribution in [0.15, 0.2) is 46.6 Å². The van der Waals surface area contributed by atoms with Gasteiger partial charge in [0.1, 0.15) is 0 Å². The summed E-state index contributed by atoms with van der Waals surface area (Å²) in [7, 11) is 0. The number of carboxylic acid groups (broad SMARTS) is 2. The summed E-state index contributed by atoms with van der Waals surface area (Å²) in [4.78, 5) is 21.2. The van der Waals surface area contributed by atoms with E-state index in [1.165, 1.54) is 11.6 Å². The smallest absolute Gasteiger partial charge is 0.330 e. The molecule has 0 radical (unpaired) electrons. The number of carbonyl (C=O) groups is 2. The van der Waals surface area contributed by atoms with Crippen molar-refractivity contribution in [3.63, 3.8) is 0 Å². The molecule has 0 rings (SSSR count). The van der Waals surface area contributed by atoms with Crippen LogP contribution in [0.25, 0.3) is 0 Å². The molecule has 0 amide bonds. The molecule has 0 heterocycles. The largest absolute Gasteiger partial charge is 0.478 e. The topological polar surface area (TPSA) is 94.8 Å². The van der Waals surface area contributed by atoms with E-state index in [0.717, 1.165) is 30.4 Å². The van der Waals surface area contributed by atoms with Crippen molar-refractivity contribution in [3.8, 4) is 0 Å². The van der Waals surface area contributed by atoms with Crippen LogP contribution in [0, 0.1) is 0 Å². The van der Waals surface area contributed by atoms with E-state index in [1.54, 1.807) is 19.9 Å². The van der Waals surface area contributed by atoms with Crippen molar-refractivity contribution in [2.45, 2.75) is 59.3 Å². The van der Waals surface area contributed by atoms with Gasteiger partial charge in [-0.3, -0.25) is 0 Å². The minimum absolute atomic E-state index is 0.00905. The number of hydrogen-bond acceptors (Lipinski definition) is 3. The zero-order valence-corrected chi connectivity index (χ0v) is 15.4. The van der Waals surface area contributed by atoms with Crippen LogP contribution in [0.2, 0.25) is 0 Å². The average Bonchev–Trinajstić information content (AvgIpc) is 2.52. The first-order valence-corrected chi connectivity index (χ1v) is 8.50. The van der Waals surface area contributed by atoms with Crippen molar-refractivity contribution in [2.75, 3.05) is 6.61 Å². The van der Waals surface area contributed by atoms with Crippen molar-refractivity contribution >= 4 is 11.9 Å². The third-order valence-corrected chi connectivity index (χ3v) is 3.83. The molecular formula is C20H30O5. The number of rotatable bonds is 12. The fraction of sp³-hybridized carbons (Fsp3) is 0.500. The first-order chi connectivity index (χ1) is 11.8. The van der Waals surface area contributed by atoms with E-state index in [2.05, 4.69) is 6.08 Å². The minimum atomic E-state index is -0.933. The van der Waals surface area contributed by atoms with Gasteiger partial charge in [0.25, 0.3) is 0 Å². The molecule has 3 N–H and O–H groups in total.